The van der Waals surface area contributed by atoms with Crippen LogP contribution in [-0.2, 0) is 6.42 Å². The van der Waals surface area contributed by atoms with Gasteiger partial charge in [0, 0.05) is 25.6 Å². The maximum Gasteiger partial charge on any atom is 0.123 e. The van der Waals surface area contributed by atoms with Gasteiger partial charge in [0.15, 0.2) is 0 Å². The molecule has 0 radical (unpaired) electrons. The summed E-state index contributed by atoms with van der Waals surface area (Å²) in [6.45, 7) is 5.78. The molecule has 3 rings (SSSR count). The molecular weight excluding hydrogens is 248 g/mol. The number of ether oxygens (including phenoxy) is 1. The van der Waals surface area contributed by atoms with Crippen molar-refractivity contribution >= 4 is 0 Å². The van der Waals surface area contributed by atoms with Gasteiger partial charge in [-0.25, -0.2) is 0 Å². The minimum Gasteiger partial charge on any atom is -0.488 e. The molecule has 0 amide bonds. The van der Waals surface area contributed by atoms with E-state index < -0.39 is 0 Å². The minimum atomic E-state index is 0.344. The Bertz CT molecular complexity index is 423. The molecule has 20 heavy (non-hydrogen) atoms. The molecule has 0 spiro atoms. The summed E-state index contributed by atoms with van der Waals surface area (Å²) in [5.74, 6) is 1.87. The van der Waals surface area contributed by atoms with E-state index in [0.29, 0.717) is 12.1 Å². The number of benzene rings is 1. The summed E-state index contributed by atoms with van der Waals surface area (Å²) in [5.41, 5.74) is 1.37. The number of piperidine rings is 1. The topological polar surface area (TPSA) is 24.5 Å². The van der Waals surface area contributed by atoms with Gasteiger partial charge in [0.2, 0.25) is 0 Å². The normalized spacial score (nSPS) is 30.0. The van der Waals surface area contributed by atoms with Crippen molar-refractivity contribution in [3.05, 3.63) is 29.8 Å². The maximum atomic E-state index is 6.07. The zero-order chi connectivity index (χ0) is 13.9. The molecule has 3 unspecified atom stereocenters. The third-order valence-corrected chi connectivity index (χ3v) is 4.89. The molecule has 1 N–H and O–H groups in total. The molecule has 0 aromatic heterocycles. The lowest BCUT2D eigenvalue weighted by molar-refractivity contribution is 0.0925. The Balaban J connectivity index is 1.55. The van der Waals surface area contributed by atoms with E-state index in [1.807, 2.05) is 0 Å². The minimum absolute atomic E-state index is 0.344. The highest BCUT2D eigenvalue weighted by Gasteiger charge is 2.30. The van der Waals surface area contributed by atoms with Crippen molar-refractivity contribution in [1.82, 2.24) is 10.2 Å². The Kier molecular flexibility index (Phi) is 4.27. The zero-order valence-electron chi connectivity index (χ0n) is 12.6. The summed E-state index contributed by atoms with van der Waals surface area (Å²) in [6.07, 6.45) is 3.93. The molecule has 0 bridgehead atoms. The molecule has 3 nitrogen and oxygen atoms in total. The Labute approximate surface area is 122 Å². The van der Waals surface area contributed by atoms with Gasteiger partial charge in [0.1, 0.15) is 11.9 Å². The molecule has 1 aromatic carbocycles. The van der Waals surface area contributed by atoms with Crippen LogP contribution >= 0.6 is 0 Å². The second kappa shape index (κ2) is 6.15. The predicted octanol–water partition coefficient (Wildman–Crippen LogP) is 2.31. The number of nitrogens with one attached hydrogen (secondary N) is 1. The summed E-state index contributed by atoms with van der Waals surface area (Å²) in [6, 6.07) is 9.15. The molecule has 0 aliphatic carbocycles. The SMILES string of the molecule is CCC1CN(CC2Cc3ccccc3O2)CCC1NC. The Morgan fingerprint density at radius 2 is 2.20 bits per heavy atom. The van der Waals surface area contributed by atoms with E-state index in [0.717, 1.165) is 24.6 Å². The number of hydrogen-bond acceptors (Lipinski definition) is 3. The van der Waals surface area contributed by atoms with Crippen molar-refractivity contribution in [2.75, 3.05) is 26.7 Å². The lowest BCUT2D eigenvalue weighted by atomic mass is 9.90. The highest BCUT2D eigenvalue weighted by molar-refractivity contribution is 5.37. The van der Waals surface area contributed by atoms with Crippen molar-refractivity contribution in [3.8, 4) is 5.75 Å². The van der Waals surface area contributed by atoms with E-state index in [2.05, 4.69) is 48.5 Å². The standard InChI is InChI=1S/C17H26N2O/c1-3-13-11-19(9-8-16(13)18-2)12-15-10-14-6-4-5-7-17(14)20-15/h4-7,13,15-16,18H,3,8-12H2,1-2H3. The van der Waals surface area contributed by atoms with Crippen LogP contribution in [0.25, 0.3) is 0 Å². The van der Waals surface area contributed by atoms with Crippen LogP contribution in [0.4, 0.5) is 0 Å². The van der Waals surface area contributed by atoms with Crippen LogP contribution in [0.5, 0.6) is 5.75 Å². The van der Waals surface area contributed by atoms with Gasteiger partial charge in [0.25, 0.3) is 0 Å². The van der Waals surface area contributed by atoms with Gasteiger partial charge < -0.3 is 10.1 Å². The highest BCUT2D eigenvalue weighted by atomic mass is 16.5. The quantitative estimate of drug-likeness (QED) is 0.912. The van der Waals surface area contributed by atoms with Gasteiger partial charge in [-0.1, -0.05) is 31.5 Å². The first-order valence-corrected chi connectivity index (χ1v) is 7.94. The lowest BCUT2D eigenvalue weighted by Crippen LogP contribution is -2.50. The van der Waals surface area contributed by atoms with Crippen molar-refractivity contribution in [3.63, 3.8) is 0 Å². The number of fused-ring (bicyclic) bond motifs is 1. The summed E-state index contributed by atoms with van der Waals surface area (Å²) in [5, 5.41) is 3.48. The van der Waals surface area contributed by atoms with Crippen LogP contribution in [-0.4, -0.2) is 43.7 Å². The van der Waals surface area contributed by atoms with Gasteiger partial charge in [-0.15, -0.1) is 0 Å². The average Bonchev–Trinajstić information content (AvgIpc) is 2.89. The van der Waals surface area contributed by atoms with E-state index in [9.17, 15) is 0 Å². The van der Waals surface area contributed by atoms with E-state index in [-0.39, 0.29) is 0 Å². The van der Waals surface area contributed by atoms with Crippen LogP contribution in [0.15, 0.2) is 24.3 Å². The number of likely N-dealkylation sites (tertiary alicyclic amines) is 1. The Morgan fingerprint density at radius 1 is 1.35 bits per heavy atom. The van der Waals surface area contributed by atoms with E-state index >= 15 is 0 Å². The third kappa shape index (κ3) is 2.84. The molecule has 2 aliphatic rings. The first-order chi connectivity index (χ1) is 9.80. The van der Waals surface area contributed by atoms with Crippen molar-refractivity contribution in [1.29, 1.82) is 0 Å². The van der Waals surface area contributed by atoms with Gasteiger partial charge in [0.05, 0.1) is 0 Å². The molecule has 0 saturated carbocycles. The second-order valence-corrected chi connectivity index (χ2v) is 6.16. The van der Waals surface area contributed by atoms with Crippen LogP contribution < -0.4 is 10.1 Å². The van der Waals surface area contributed by atoms with Crippen LogP contribution in [0.1, 0.15) is 25.3 Å². The second-order valence-electron chi connectivity index (χ2n) is 6.16. The molecule has 1 fully saturated rings. The summed E-state index contributed by atoms with van der Waals surface area (Å²) in [4.78, 5) is 2.60. The summed E-state index contributed by atoms with van der Waals surface area (Å²) < 4.78 is 6.07. The molecule has 2 heterocycles. The fraction of sp³-hybridized carbons (Fsp3) is 0.647. The number of nitrogens with zero attached hydrogens (tertiary/aromatic N) is 1. The number of hydrogen-bond donors (Lipinski definition) is 1. The average molecular weight is 274 g/mol. The first-order valence-electron chi connectivity index (χ1n) is 7.94. The van der Waals surface area contributed by atoms with Gasteiger partial charge in [-0.3, -0.25) is 4.90 Å². The van der Waals surface area contributed by atoms with Gasteiger partial charge in [-0.2, -0.15) is 0 Å². The maximum absolute atomic E-state index is 6.07. The van der Waals surface area contributed by atoms with Crippen molar-refractivity contribution < 1.29 is 4.74 Å². The van der Waals surface area contributed by atoms with Crippen molar-refractivity contribution in [2.45, 2.75) is 38.3 Å². The van der Waals surface area contributed by atoms with E-state index in [1.165, 1.54) is 31.5 Å². The Morgan fingerprint density at radius 3 is 2.95 bits per heavy atom. The molecule has 1 saturated heterocycles. The molecular formula is C17H26N2O. The molecule has 110 valence electrons. The van der Waals surface area contributed by atoms with E-state index in [1.54, 1.807) is 0 Å². The predicted molar refractivity (Wildman–Crippen MR) is 82.2 cm³/mol. The fourth-order valence-corrected chi connectivity index (χ4v) is 3.71. The lowest BCUT2D eigenvalue weighted by Gasteiger charge is -2.39. The molecule has 2 aliphatic heterocycles. The van der Waals surface area contributed by atoms with Crippen molar-refractivity contribution in [2.24, 2.45) is 5.92 Å². The van der Waals surface area contributed by atoms with Crippen LogP contribution in [0.3, 0.4) is 0 Å². The number of para-hydroxylation sites is 1. The van der Waals surface area contributed by atoms with Gasteiger partial charge in [-0.05, 0) is 37.6 Å². The van der Waals surface area contributed by atoms with Crippen LogP contribution in [0, 0.1) is 5.92 Å². The van der Waals surface area contributed by atoms with Crippen LogP contribution in [0.2, 0.25) is 0 Å². The largest absolute Gasteiger partial charge is 0.488 e. The monoisotopic (exact) mass is 274 g/mol. The molecule has 1 aromatic rings. The Hall–Kier alpha value is -1.06. The van der Waals surface area contributed by atoms with Gasteiger partial charge >= 0.3 is 0 Å². The number of rotatable bonds is 4. The third-order valence-electron chi connectivity index (χ3n) is 4.89. The summed E-state index contributed by atoms with van der Waals surface area (Å²) >= 11 is 0. The summed E-state index contributed by atoms with van der Waals surface area (Å²) in [7, 11) is 2.10. The first kappa shape index (κ1) is 13.9. The highest BCUT2D eigenvalue weighted by Crippen LogP contribution is 2.29. The van der Waals surface area contributed by atoms with E-state index in [4.69, 9.17) is 4.74 Å². The molecule has 3 atom stereocenters. The smallest absolute Gasteiger partial charge is 0.123 e. The fourth-order valence-electron chi connectivity index (χ4n) is 3.71. The zero-order valence-corrected chi connectivity index (χ0v) is 12.6. The molecule has 3 heteroatoms.